The van der Waals surface area contributed by atoms with E-state index in [1.54, 1.807) is 0 Å². The number of aromatic nitrogens is 3. The lowest BCUT2D eigenvalue weighted by Gasteiger charge is -2.57. The molecule has 2 unspecified atom stereocenters. The molecule has 5 heterocycles. The second-order valence-corrected chi connectivity index (χ2v) is 5.65. The molecule has 108 valence electrons. The fourth-order valence-corrected chi connectivity index (χ4v) is 3.37. The Kier molecular flexibility index (Phi) is 2.77. The van der Waals surface area contributed by atoms with Crippen LogP contribution >= 0.6 is 0 Å². The molecule has 2 bridgehead atoms. The summed E-state index contributed by atoms with van der Waals surface area (Å²) in [6.07, 6.45) is 4.51. The molecule has 5 nitrogen and oxygen atoms in total. The summed E-state index contributed by atoms with van der Waals surface area (Å²) in [6, 6.07) is 6.22. The van der Waals surface area contributed by atoms with Crippen molar-refractivity contribution in [1.82, 2.24) is 15.0 Å². The van der Waals surface area contributed by atoms with Crippen LogP contribution in [0.15, 0.2) is 30.6 Å². The van der Waals surface area contributed by atoms with Gasteiger partial charge >= 0.3 is 0 Å². The average Bonchev–Trinajstić information content (AvgIpc) is 2.47. The van der Waals surface area contributed by atoms with E-state index in [1.807, 2.05) is 25.3 Å². The molecule has 6 heteroatoms. The number of hydrogen-bond donors (Lipinski definition) is 0. The summed E-state index contributed by atoms with van der Waals surface area (Å²) in [4.78, 5) is 16.9. The second kappa shape index (κ2) is 4.65. The molecule has 3 aliphatic rings. The Morgan fingerprint density at radius 1 is 1.14 bits per heavy atom. The number of aryl methyl sites for hydroxylation is 1. The van der Waals surface area contributed by atoms with Gasteiger partial charge in [0.15, 0.2) is 0 Å². The summed E-state index contributed by atoms with van der Waals surface area (Å²) in [6.45, 7) is 3.69. The van der Waals surface area contributed by atoms with Gasteiger partial charge in [-0.3, -0.25) is 0 Å². The van der Waals surface area contributed by atoms with Crippen LogP contribution in [0.1, 0.15) is 12.2 Å². The van der Waals surface area contributed by atoms with E-state index in [0.717, 1.165) is 30.4 Å². The molecule has 0 radical (unpaired) electrons. The van der Waals surface area contributed by atoms with Gasteiger partial charge in [-0.1, -0.05) is 0 Å². The number of fused-ring (bicyclic) bond motifs is 2. The fourth-order valence-electron chi connectivity index (χ4n) is 3.37. The molecule has 0 spiro atoms. The van der Waals surface area contributed by atoms with E-state index in [9.17, 15) is 4.39 Å². The lowest BCUT2D eigenvalue weighted by Crippen LogP contribution is -2.69. The highest BCUT2D eigenvalue weighted by atomic mass is 19.1. The van der Waals surface area contributed by atoms with Crippen molar-refractivity contribution in [1.29, 1.82) is 0 Å². The predicted octanol–water partition coefficient (Wildman–Crippen LogP) is 1.79. The summed E-state index contributed by atoms with van der Waals surface area (Å²) >= 11 is 0. The first kappa shape index (κ1) is 12.5. The molecule has 2 atom stereocenters. The van der Waals surface area contributed by atoms with Crippen molar-refractivity contribution in [2.45, 2.75) is 25.4 Å². The van der Waals surface area contributed by atoms with Gasteiger partial charge in [-0.25, -0.2) is 15.0 Å². The van der Waals surface area contributed by atoms with E-state index in [2.05, 4.69) is 24.8 Å². The van der Waals surface area contributed by atoms with Crippen molar-refractivity contribution in [3.8, 4) is 0 Å². The quantitative estimate of drug-likeness (QED) is 0.787. The Labute approximate surface area is 122 Å². The lowest BCUT2D eigenvalue weighted by atomic mass is 9.87. The Morgan fingerprint density at radius 3 is 2.62 bits per heavy atom. The number of halogens is 1. The summed E-state index contributed by atoms with van der Waals surface area (Å²) in [5.41, 5.74) is 0.913. The number of nitrogens with zero attached hydrogens (tertiary/aromatic N) is 5. The smallest absolute Gasteiger partial charge is 0.214 e. The molecule has 5 rings (SSSR count). The van der Waals surface area contributed by atoms with Gasteiger partial charge in [0.05, 0.1) is 12.1 Å². The van der Waals surface area contributed by atoms with E-state index in [1.165, 1.54) is 18.7 Å². The maximum Gasteiger partial charge on any atom is 0.214 e. The zero-order chi connectivity index (χ0) is 14.4. The van der Waals surface area contributed by atoms with Crippen molar-refractivity contribution in [2.24, 2.45) is 0 Å². The average molecular weight is 285 g/mol. The van der Waals surface area contributed by atoms with Crippen LogP contribution in [0.3, 0.4) is 0 Å². The molecule has 3 saturated heterocycles. The Balaban J connectivity index is 1.54. The number of hydrogen-bond acceptors (Lipinski definition) is 5. The molecule has 3 fully saturated rings. The number of pyridine rings is 1. The van der Waals surface area contributed by atoms with Crippen molar-refractivity contribution >= 4 is 11.5 Å². The minimum Gasteiger partial charge on any atom is -0.367 e. The SMILES string of the molecule is Cc1nccc(N2C3CC2CN(c2ccnc(F)c2)C3)n1. The van der Waals surface area contributed by atoms with Gasteiger partial charge in [-0.2, -0.15) is 4.39 Å². The summed E-state index contributed by atoms with van der Waals surface area (Å²) < 4.78 is 13.3. The van der Waals surface area contributed by atoms with E-state index < -0.39 is 5.95 Å². The maximum absolute atomic E-state index is 13.3. The number of rotatable bonds is 2. The van der Waals surface area contributed by atoms with Gasteiger partial charge in [-0.05, 0) is 25.5 Å². The summed E-state index contributed by atoms with van der Waals surface area (Å²) in [7, 11) is 0. The zero-order valence-corrected chi connectivity index (χ0v) is 11.8. The number of anilines is 2. The monoisotopic (exact) mass is 285 g/mol. The molecule has 0 saturated carbocycles. The highest BCUT2D eigenvalue weighted by Gasteiger charge is 2.45. The molecule has 2 aromatic heterocycles. The van der Waals surface area contributed by atoms with Crippen molar-refractivity contribution in [3.63, 3.8) is 0 Å². The number of piperidine rings is 1. The normalized spacial score (nSPS) is 23.9. The van der Waals surface area contributed by atoms with Crippen LogP contribution in [-0.4, -0.2) is 40.1 Å². The van der Waals surface area contributed by atoms with Gasteiger partial charge in [0.1, 0.15) is 11.6 Å². The minimum atomic E-state index is -0.421. The van der Waals surface area contributed by atoms with Crippen LogP contribution in [0.2, 0.25) is 0 Å². The van der Waals surface area contributed by atoms with E-state index in [4.69, 9.17) is 0 Å². The highest BCUT2D eigenvalue weighted by molar-refractivity contribution is 5.53. The molecule has 3 aliphatic heterocycles. The molecular formula is C15H16FN5. The Morgan fingerprint density at radius 2 is 1.90 bits per heavy atom. The van der Waals surface area contributed by atoms with Gasteiger partial charge in [0.2, 0.25) is 5.95 Å². The van der Waals surface area contributed by atoms with Crippen LogP contribution in [0.5, 0.6) is 0 Å². The Hall–Kier alpha value is -2.24. The van der Waals surface area contributed by atoms with Crippen LogP contribution in [0.4, 0.5) is 15.9 Å². The molecule has 0 aromatic carbocycles. The molecule has 0 aliphatic carbocycles. The summed E-state index contributed by atoms with van der Waals surface area (Å²) in [5, 5.41) is 0. The van der Waals surface area contributed by atoms with E-state index in [-0.39, 0.29) is 0 Å². The molecule has 0 N–H and O–H groups in total. The van der Waals surface area contributed by atoms with Crippen LogP contribution in [-0.2, 0) is 0 Å². The zero-order valence-electron chi connectivity index (χ0n) is 11.8. The fraction of sp³-hybridized carbons (Fsp3) is 0.400. The van der Waals surface area contributed by atoms with E-state index >= 15 is 0 Å². The molecule has 2 aromatic rings. The molecular weight excluding hydrogens is 269 g/mol. The topological polar surface area (TPSA) is 45.2 Å². The lowest BCUT2D eigenvalue weighted by molar-refractivity contribution is 0.288. The van der Waals surface area contributed by atoms with Crippen LogP contribution < -0.4 is 9.80 Å². The minimum absolute atomic E-state index is 0.421. The highest BCUT2D eigenvalue weighted by Crippen LogP contribution is 2.37. The molecule has 0 amide bonds. The van der Waals surface area contributed by atoms with Gasteiger partial charge in [0, 0.05) is 37.2 Å². The van der Waals surface area contributed by atoms with Crippen molar-refractivity contribution in [2.75, 3.05) is 22.9 Å². The summed E-state index contributed by atoms with van der Waals surface area (Å²) in [5.74, 6) is 1.38. The van der Waals surface area contributed by atoms with Crippen molar-refractivity contribution < 1.29 is 4.39 Å². The van der Waals surface area contributed by atoms with Crippen LogP contribution in [0, 0.1) is 12.9 Å². The van der Waals surface area contributed by atoms with Gasteiger partial charge in [-0.15, -0.1) is 0 Å². The third kappa shape index (κ3) is 2.11. The van der Waals surface area contributed by atoms with Gasteiger partial charge in [0.25, 0.3) is 0 Å². The first-order valence-corrected chi connectivity index (χ1v) is 7.15. The third-order valence-corrected chi connectivity index (χ3v) is 4.29. The largest absolute Gasteiger partial charge is 0.367 e. The van der Waals surface area contributed by atoms with Gasteiger partial charge < -0.3 is 9.80 Å². The Bertz CT molecular complexity index is 665. The standard InChI is InChI=1S/C15H16FN5/c1-10-17-5-3-15(19-10)21-12-6-13(21)9-20(8-12)11-2-4-18-14(16)7-11/h2-5,7,12-13H,6,8-9H2,1H3. The second-order valence-electron chi connectivity index (χ2n) is 5.65. The van der Waals surface area contributed by atoms with Crippen molar-refractivity contribution in [3.05, 3.63) is 42.4 Å². The maximum atomic E-state index is 13.3. The molecule has 21 heavy (non-hydrogen) atoms. The predicted molar refractivity (Wildman–Crippen MR) is 77.8 cm³/mol. The van der Waals surface area contributed by atoms with Crippen LogP contribution in [0.25, 0.3) is 0 Å². The third-order valence-electron chi connectivity index (χ3n) is 4.29. The van der Waals surface area contributed by atoms with E-state index in [0.29, 0.717) is 12.1 Å². The first-order valence-electron chi connectivity index (χ1n) is 7.15. The first-order chi connectivity index (χ1) is 10.2. The number of piperazine rings is 1.